The van der Waals surface area contributed by atoms with Gasteiger partial charge in [-0.1, -0.05) is 50.2 Å². The van der Waals surface area contributed by atoms with Crippen LogP contribution in [0.15, 0.2) is 54.6 Å². The highest BCUT2D eigenvalue weighted by Gasteiger charge is 2.09. The van der Waals surface area contributed by atoms with Crippen molar-refractivity contribution in [2.45, 2.75) is 19.8 Å². The van der Waals surface area contributed by atoms with Crippen molar-refractivity contribution in [2.24, 2.45) is 5.84 Å². The smallest absolute Gasteiger partial charge is 0.0731 e. The van der Waals surface area contributed by atoms with Crippen molar-refractivity contribution >= 4 is 16.6 Å². The zero-order valence-corrected chi connectivity index (χ0v) is 12.3. The Hall–Kier alpha value is -2.39. The van der Waals surface area contributed by atoms with Crippen molar-refractivity contribution in [1.29, 1.82) is 0 Å². The highest BCUT2D eigenvalue weighted by atomic mass is 15.2. The molecule has 0 saturated heterocycles. The number of hydrazine groups is 1. The SMILES string of the molecule is CC(C)c1ccc2nc(-c3ccccc3)cc(NN)c2c1. The van der Waals surface area contributed by atoms with Crippen LogP contribution in [0.1, 0.15) is 25.3 Å². The molecule has 0 amide bonds. The van der Waals surface area contributed by atoms with Gasteiger partial charge in [-0.15, -0.1) is 0 Å². The highest BCUT2D eigenvalue weighted by molar-refractivity contribution is 5.94. The van der Waals surface area contributed by atoms with E-state index in [0.717, 1.165) is 27.8 Å². The first kappa shape index (κ1) is 13.6. The van der Waals surface area contributed by atoms with E-state index in [2.05, 4.69) is 49.6 Å². The van der Waals surface area contributed by atoms with Gasteiger partial charge in [-0.3, -0.25) is 5.84 Å². The zero-order chi connectivity index (χ0) is 14.8. The molecule has 3 aromatic rings. The van der Waals surface area contributed by atoms with Gasteiger partial charge in [-0.25, -0.2) is 4.98 Å². The number of aromatic nitrogens is 1. The summed E-state index contributed by atoms with van der Waals surface area (Å²) in [7, 11) is 0. The van der Waals surface area contributed by atoms with Crippen molar-refractivity contribution < 1.29 is 0 Å². The van der Waals surface area contributed by atoms with E-state index in [1.165, 1.54) is 5.56 Å². The second kappa shape index (κ2) is 5.54. The molecule has 3 nitrogen and oxygen atoms in total. The summed E-state index contributed by atoms with van der Waals surface area (Å²) in [6.45, 7) is 4.37. The van der Waals surface area contributed by atoms with Crippen molar-refractivity contribution in [3.8, 4) is 11.3 Å². The van der Waals surface area contributed by atoms with Crippen LogP contribution >= 0.6 is 0 Å². The highest BCUT2D eigenvalue weighted by Crippen LogP contribution is 2.30. The maximum absolute atomic E-state index is 5.71. The molecule has 1 aromatic heterocycles. The van der Waals surface area contributed by atoms with Gasteiger partial charge < -0.3 is 5.43 Å². The minimum Gasteiger partial charge on any atom is -0.323 e. The summed E-state index contributed by atoms with van der Waals surface area (Å²) in [4.78, 5) is 4.76. The molecular weight excluding hydrogens is 258 g/mol. The molecule has 0 saturated carbocycles. The average Bonchev–Trinajstić information content (AvgIpc) is 2.54. The third kappa shape index (κ3) is 2.60. The quantitative estimate of drug-likeness (QED) is 0.554. The Morgan fingerprint density at radius 1 is 1.00 bits per heavy atom. The molecule has 2 aromatic carbocycles. The molecule has 0 fully saturated rings. The molecule has 3 N–H and O–H groups in total. The topological polar surface area (TPSA) is 50.9 Å². The minimum absolute atomic E-state index is 0.480. The largest absolute Gasteiger partial charge is 0.323 e. The van der Waals surface area contributed by atoms with Gasteiger partial charge in [0.1, 0.15) is 0 Å². The van der Waals surface area contributed by atoms with E-state index < -0.39 is 0 Å². The lowest BCUT2D eigenvalue weighted by Gasteiger charge is -2.12. The Morgan fingerprint density at radius 2 is 1.76 bits per heavy atom. The normalized spacial score (nSPS) is 11.0. The van der Waals surface area contributed by atoms with E-state index in [9.17, 15) is 0 Å². The molecule has 106 valence electrons. The number of nitrogens with zero attached hydrogens (tertiary/aromatic N) is 1. The number of pyridine rings is 1. The fourth-order valence-corrected chi connectivity index (χ4v) is 2.48. The van der Waals surface area contributed by atoms with Gasteiger partial charge >= 0.3 is 0 Å². The van der Waals surface area contributed by atoms with E-state index in [4.69, 9.17) is 10.8 Å². The van der Waals surface area contributed by atoms with Crippen LogP contribution in [0.3, 0.4) is 0 Å². The molecule has 0 unspecified atom stereocenters. The van der Waals surface area contributed by atoms with E-state index >= 15 is 0 Å². The van der Waals surface area contributed by atoms with Gasteiger partial charge in [0.2, 0.25) is 0 Å². The second-order valence-electron chi connectivity index (χ2n) is 5.50. The first-order valence-corrected chi connectivity index (χ1v) is 7.16. The first-order chi connectivity index (χ1) is 10.2. The van der Waals surface area contributed by atoms with Gasteiger partial charge in [-0.2, -0.15) is 0 Å². The molecule has 3 rings (SSSR count). The van der Waals surface area contributed by atoms with Crippen molar-refractivity contribution in [3.05, 3.63) is 60.2 Å². The number of benzene rings is 2. The summed E-state index contributed by atoms with van der Waals surface area (Å²) >= 11 is 0. The minimum atomic E-state index is 0.480. The van der Waals surface area contributed by atoms with Crippen LogP contribution in [0, 0.1) is 0 Å². The van der Waals surface area contributed by atoms with Crippen molar-refractivity contribution in [2.75, 3.05) is 5.43 Å². The van der Waals surface area contributed by atoms with Gasteiger partial charge in [0.25, 0.3) is 0 Å². The maximum Gasteiger partial charge on any atom is 0.0731 e. The average molecular weight is 277 g/mol. The summed E-state index contributed by atoms with van der Waals surface area (Å²) in [5.74, 6) is 6.19. The van der Waals surface area contributed by atoms with Gasteiger partial charge in [0.05, 0.1) is 16.9 Å². The Balaban J connectivity index is 2.21. The first-order valence-electron chi connectivity index (χ1n) is 7.16. The lowest BCUT2D eigenvalue weighted by atomic mass is 9.99. The fraction of sp³-hybridized carbons (Fsp3) is 0.167. The molecule has 0 aliphatic heterocycles. The molecule has 0 atom stereocenters. The molecule has 0 radical (unpaired) electrons. The number of nitrogens with two attached hydrogens (primary N) is 1. The lowest BCUT2D eigenvalue weighted by Crippen LogP contribution is -2.08. The van der Waals surface area contributed by atoms with E-state index in [1.807, 2.05) is 24.3 Å². The summed E-state index contributed by atoms with van der Waals surface area (Å²) in [6.07, 6.45) is 0. The molecule has 0 bridgehead atoms. The summed E-state index contributed by atoms with van der Waals surface area (Å²) in [5, 5.41) is 1.06. The summed E-state index contributed by atoms with van der Waals surface area (Å²) in [5.41, 5.74) is 7.96. The number of nitrogens with one attached hydrogen (secondary N) is 1. The fourth-order valence-electron chi connectivity index (χ4n) is 2.48. The lowest BCUT2D eigenvalue weighted by molar-refractivity contribution is 0.868. The van der Waals surface area contributed by atoms with Crippen LogP contribution in [0.25, 0.3) is 22.2 Å². The van der Waals surface area contributed by atoms with Crippen LogP contribution in [-0.4, -0.2) is 4.98 Å². The third-order valence-corrected chi connectivity index (χ3v) is 3.72. The van der Waals surface area contributed by atoms with E-state index in [-0.39, 0.29) is 0 Å². The molecule has 1 heterocycles. The summed E-state index contributed by atoms with van der Waals surface area (Å²) < 4.78 is 0. The molecular formula is C18H19N3. The predicted molar refractivity (Wildman–Crippen MR) is 89.1 cm³/mol. The molecule has 3 heteroatoms. The Labute approximate surface area is 124 Å². The van der Waals surface area contributed by atoms with Gasteiger partial charge in [0, 0.05) is 10.9 Å². The molecule has 0 aliphatic carbocycles. The van der Waals surface area contributed by atoms with Crippen LogP contribution in [0.5, 0.6) is 0 Å². The zero-order valence-electron chi connectivity index (χ0n) is 12.3. The number of nitrogen functional groups attached to an aromatic ring is 1. The Kier molecular flexibility index (Phi) is 3.59. The molecule has 0 aliphatic rings. The van der Waals surface area contributed by atoms with Gasteiger partial charge in [-0.05, 0) is 29.7 Å². The van der Waals surface area contributed by atoms with Crippen molar-refractivity contribution in [3.63, 3.8) is 0 Å². The number of anilines is 1. The van der Waals surface area contributed by atoms with E-state index in [1.54, 1.807) is 0 Å². The Morgan fingerprint density at radius 3 is 2.43 bits per heavy atom. The standard InChI is InChI=1S/C18H19N3/c1-12(2)14-8-9-16-15(10-14)18(21-19)11-17(20-16)13-6-4-3-5-7-13/h3-12H,19H2,1-2H3,(H,20,21). The maximum atomic E-state index is 5.71. The van der Waals surface area contributed by atoms with Crippen LogP contribution in [-0.2, 0) is 0 Å². The van der Waals surface area contributed by atoms with Crippen molar-refractivity contribution in [1.82, 2.24) is 4.98 Å². The Bertz CT molecular complexity index is 764. The van der Waals surface area contributed by atoms with Crippen LogP contribution < -0.4 is 11.3 Å². The number of hydrogen-bond donors (Lipinski definition) is 2. The molecule has 21 heavy (non-hydrogen) atoms. The molecule has 0 spiro atoms. The number of hydrogen-bond acceptors (Lipinski definition) is 3. The van der Waals surface area contributed by atoms with Crippen LogP contribution in [0.2, 0.25) is 0 Å². The monoisotopic (exact) mass is 277 g/mol. The summed E-state index contributed by atoms with van der Waals surface area (Å²) in [6, 6.07) is 18.5. The van der Waals surface area contributed by atoms with Crippen LogP contribution in [0.4, 0.5) is 5.69 Å². The second-order valence-corrected chi connectivity index (χ2v) is 5.50. The van der Waals surface area contributed by atoms with Gasteiger partial charge in [0.15, 0.2) is 0 Å². The van der Waals surface area contributed by atoms with E-state index in [0.29, 0.717) is 5.92 Å². The number of rotatable bonds is 3. The third-order valence-electron chi connectivity index (χ3n) is 3.72. The number of fused-ring (bicyclic) bond motifs is 1. The predicted octanol–water partition coefficient (Wildman–Crippen LogP) is 4.31.